The van der Waals surface area contributed by atoms with E-state index in [1.807, 2.05) is 30.0 Å². The average molecular weight is 277 g/mol. The Morgan fingerprint density at radius 2 is 1.90 bits per heavy atom. The summed E-state index contributed by atoms with van der Waals surface area (Å²) >= 11 is 0. The van der Waals surface area contributed by atoms with E-state index >= 15 is 0 Å². The summed E-state index contributed by atoms with van der Waals surface area (Å²) in [4.78, 5) is 14.0. The zero-order chi connectivity index (χ0) is 14.7. The molecule has 1 aliphatic rings. The van der Waals surface area contributed by atoms with E-state index in [1.165, 1.54) is 11.1 Å². The van der Waals surface area contributed by atoms with Gasteiger partial charge < -0.3 is 4.90 Å². The second-order valence-corrected chi connectivity index (χ2v) is 5.25. The molecule has 2 heteroatoms. The van der Waals surface area contributed by atoms with E-state index in [0.717, 1.165) is 24.2 Å². The molecule has 0 N–H and O–H groups in total. The first-order chi connectivity index (χ1) is 10.3. The van der Waals surface area contributed by atoms with Crippen molar-refractivity contribution in [2.24, 2.45) is 0 Å². The normalized spacial score (nSPS) is 13.7. The number of benzene rings is 2. The fourth-order valence-corrected chi connectivity index (χ4v) is 2.81. The van der Waals surface area contributed by atoms with Gasteiger partial charge in [0.15, 0.2) is 0 Å². The lowest BCUT2D eigenvalue weighted by Gasteiger charge is -2.18. The first-order valence-corrected chi connectivity index (χ1v) is 7.45. The molecule has 2 aromatic rings. The van der Waals surface area contributed by atoms with Gasteiger partial charge in [-0.05, 0) is 23.1 Å². The van der Waals surface area contributed by atoms with E-state index in [2.05, 4.69) is 42.5 Å². The van der Waals surface area contributed by atoms with E-state index in [-0.39, 0.29) is 5.91 Å². The van der Waals surface area contributed by atoms with Gasteiger partial charge in [0.25, 0.3) is 0 Å². The number of carbonyl (C=O) groups excluding carboxylic acids is 1. The lowest BCUT2D eigenvalue weighted by Crippen LogP contribution is -2.28. The van der Waals surface area contributed by atoms with Crippen LogP contribution in [0, 0.1) is 0 Å². The van der Waals surface area contributed by atoms with Crippen LogP contribution in [0.15, 0.2) is 48.5 Å². The molecule has 1 amide bonds. The Bertz CT molecular complexity index is 673. The lowest BCUT2D eigenvalue weighted by molar-refractivity contribution is -0.118. The van der Waals surface area contributed by atoms with E-state index in [4.69, 9.17) is 0 Å². The van der Waals surface area contributed by atoms with E-state index in [9.17, 15) is 4.79 Å². The van der Waals surface area contributed by atoms with Gasteiger partial charge in [-0.15, -0.1) is 0 Å². The minimum atomic E-state index is 0.203. The van der Waals surface area contributed by atoms with Gasteiger partial charge in [0, 0.05) is 13.0 Å². The Balaban J connectivity index is 1.96. The fraction of sp³-hybridized carbons (Fsp3) is 0.211. The van der Waals surface area contributed by atoms with Gasteiger partial charge in [-0.25, -0.2) is 0 Å². The van der Waals surface area contributed by atoms with Crippen LogP contribution >= 0.6 is 0 Å². The smallest absolute Gasteiger partial charge is 0.226 e. The average Bonchev–Trinajstić information content (AvgIpc) is 2.98. The molecule has 0 saturated heterocycles. The molecule has 21 heavy (non-hydrogen) atoms. The third-order valence-corrected chi connectivity index (χ3v) is 3.88. The van der Waals surface area contributed by atoms with Crippen LogP contribution in [-0.2, 0) is 11.2 Å². The number of amides is 1. The van der Waals surface area contributed by atoms with Crippen molar-refractivity contribution in [3.8, 4) is 0 Å². The monoisotopic (exact) mass is 277 g/mol. The zero-order valence-electron chi connectivity index (χ0n) is 12.3. The molecule has 0 aliphatic carbocycles. The highest BCUT2D eigenvalue weighted by molar-refractivity contribution is 5.98. The van der Waals surface area contributed by atoms with Crippen LogP contribution in [0.5, 0.6) is 0 Å². The highest BCUT2D eigenvalue weighted by Crippen LogP contribution is 2.33. The maximum atomic E-state index is 12.1. The van der Waals surface area contributed by atoms with Crippen molar-refractivity contribution in [1.29, 1.82) is 0 Å². The topological polar surface area (TPSA) is 20.3 Å². The van der Waals surface area contributed by atoms with Crippen molar-refractivity contribution in [2.75, 3.05) is 11.4 Å². The SMILES string of the molecule is CCC(=O)N1CCc2cccc(/C=C/c3ccccc3)c21. The van der Waals surface area contributed by atoms with Crippen molar-refractivity contribution in [2.45, 2.75) is 19.8 Å². The Morgan fingerprint density at radius 1 is 1.10 bits per heavy atom. The minimum absolute atomic E-state index is 0.203. The molecule has 2 aromatic carbocycles. The van der Waals surface area contributed by atoms with Crippen LogP contribution < -0.4 is 4.90 Å². The Labute approximate surface area is 125 Å². The predicted octanol–water partition coefficient (Wildman–Crippen LogP) is 4.16. The number of anilines is 1. The number of hydrogen-bond acceptors (Lipinski definition) is 1. The van der Waals surface area contributed by atoms with E-state index in [1.54, 1.807) is 0 Å². The lowest BCUT2D eigenvalue weighted by atomic mass is 10.1. The predicted molar refractivity (Wildman–Crippen MR) is 88.2 cm³/mol. The summed E-state index contributed by atoms with van der Waals surface area (Å²) in [5, 5.41) is 0. The second kappa shape index (κ2) is 5.96. The van der Waals surface area contributed by atoms with Crippen LogP contribution in [0.4, 0.5) is 5.69 Å². The van der Waals surface area contributed by atoms with Crippen LogP contribution in [0.25, 0.3) is 12.2 Å². The molecule has 0 atom stereocenters. The highest BCUT2D eigenvalue weighted by Gasteiger charge is 2.25. The molecule has 1 aliphatic heterocycles. The largest absolute Gasteiger partial charge is 0.311 e. The van der Waals surface area contributed by atoms with Crippen LogP contribution in [0.3, 0.4) is 0 Å². The first kappa shape index (κ1) is 13.6. The quantitative estimate of drug-likeness (QED) is 0.772. The van der Waals surface area contributed by atoms with Gasteiger partial charge in [0.05, 0.1) is 5.69 Å². The molecule has 0 unspecified atom stereocenters. The second-order valence-electron chi connectivity index (χ2n) is 5.25. The summed E-state index contributed by atoms with van der Waals surface area (Å²) in [6.07, 6.45) is 5.71. The van der Waals surface area contributed by atoms with E-state index < -0.39 is 0 Å². The zero-order valence-corrected chi connectivity index (χ0v) is 12.3. The summed E-state index contributed by atoms with van der Waals surface area (Å²) in [6, 6.07) is 16.5. The summed E-state index contributed by atoms with van der Waals surface area (Å²) in [7, 11) is 0. The summed E-state index contributed by atoms with van der Waals surface area (Å²) in [6.45, 7) is 2.72. The molecular weight excluding hydrogens is 258 g/mol. The minimum Gasteiger partial charge on any atom is -0.311 e. The Morgan fingerprint density at radius 3 is 2.67 bits per heavy atom. The molecule has 1 heterocycles. The summed E-state index contributed by atoms with van der Waals surface area (Å²) < 4.78 is 0. The molecule has 0 radical (unpaired) electrons. The van der Waals surface area contributed by atoms with Crippen molar-refractivity contribution < 1.29 is 4.79 Å². The molecule has 0 aromatic heterocycles. The first-order valence-electron chi connectivity index (χ1n) is 7.45. The Hall–Kier alpha value is -2.35. The standard InChI is InChI=1S/C19H19NO/c1-2-18(21)20-14-13-17-10-6-9-16(19(17)20)12-11-15-7-4-3-5-8-15/h3-12H,2,13-14H2,1H3/b12-11+. The number of carbonyl (C=O) groups is 1. The van der Waals surface area contributed by atoms with E-state index in [0.29, 0.717) is 6.42 Å². The third kappa shape index (κ3) is 2.75. The molecule has 0 spiro atoms. The van der Waals surface area contributed by atoms with Gasteiger partial charge in [-0.1, -0.05) is 67.6 Å². The molecule has 106 valence electrons. The van der Waals surface area contributed by atoms with Crippen LogP contribution in [0.1, 0.15) is 30.0 Å². The third-order valence-electron chi connectivity index (χ3n) is 3.88. The number of hydrogen-bond donors (Lipinski definition) is 0. The van der Waals surface area contributed by atoms with Gasteiger partial charge in [0.1, 0.15) is 0 Å². The molecule has 3 rings (SSSR count). The van der Waals surface area contributed by atoms with Crippen molar-refractivity contribution >= 4 is 23.7 Å². The fourth-order valence-electron chi connectivity index (χ4n) is 2.81. The van der Waals surface area contributed by atoms with Gasteiger partial charge in [-0.2, -0.15) is 0 Å². The summed E-state index contributed by atoms with van der Waals surface area (Å²) in [5.74, 6) is 0.203. The molecular formula is C19H19NO. The molecule has 0 saturated carbocycles. The summed E-state index contributed by atoms with van der Waals surface area (Å²) in [5.41, 5.74) is 4.65. The van der Waals surface area contributed by atoms with Gasteiger partial charge in [0.2, 0.25) is 5.91 Å². The van der Waals surface area contributed by atoms with Crippen LogP contribution in [0.2, 0.25) is 0 Å². The van der Waals surface area contributed by atoms with Crippen LogP contribution in [-0.4, -0.2) is 12.5 Å². The number of rotatable bonds is 3. The number of para-hydroxylation sites is 1. The molecule has 0 fully saturated rings. The molecule has 0 bridgehead atoms. The van der Waals surface area contributed by atoms with Crippen molar-refractivity contribution in [3.05, 3.63) is 65.2 Å². The highest BCUT2D eigenvalue weighted by atomic mass is 16.2. The molecule has 2 nitrogen and oxygen atoms in total. The van der Waals surface area contributed by atoms with Crippen molar-refractivity contribution in [3.63, 3.8) is 0 Å². The number of nitrogens with zero attached hydrogens (tertiary/aromatic N) is 1. The van der Waals surface area contributed by atoms with Gasteiger partial charge >= 0.3 is 0 Å². The Kier molecular flexibility index (Phi) is 3.87. The van der Waals surface area contributed by atoms with Crippen molar-refractivity contribution in [1.82, 2.24) is 0 Å². The van der Waals surface area contributed by atoms with Gasteiger partial charge in [-0.3, -0.25) is 4.79 Å². The maximum absolute atomic E-state index is 12.1. The maximum Gasteiger partial charge on any atom is 0.226 e. The number of fused-ring (bicyclic) bond motifs is 1.